The van der Waals surface area contributed by atoms with Gasteiger partial charge in [-0.05, 0) is 67.4 Å². The predicted molar refractivity (Wildman–Crippen MR) is 172 cm³/mol. The monoisotopic (exact) mass is 547 g/mol. The maximum absolute atomic E-state index is 12.2. The first-order chi connectivity index (χ1) is 19.8. The molecule has 1 aliphatic heterocycles. The zero-order chi connectivity index (χ0) is 29.1. The molecular weight excluding hydrogens is 510 g/mol. The fraction of sp³-hybridized carbons (Fsp3) is 0.242. The number of benzene rings is 2. The van der Waals surface area contributed by atoms with Crippen molar-refractivity contribution in [1.82, 2.24) is 14.9 Å². The number of rotatable bonds is 7. The van der Waals surface area contributed by atoms with Crippen molar-refractivity contribution in [2.45, 2.75) is 13.8 Å². The molecule has 2 aromatic heterocycles. The lowest BCUT2D eigenvalue weighted by molar-refractivity contribution is -0.111. The minimum absolute atomic E-state index is 0.249. The Kier molecular flexibility index (Phi) is 8.03. The standard InChI is InChI=1S/C33H37N7O/c1-6-29(41)37-28-17-24(8-7-21(28)2)31-30-22(3)27(25(18-34)19-35-4)20-36-33(30)38-32(31)23-9-11-26(12-10-23)40-15-13-39(5)14-16-40/h6-12,17-20H,1,13-16,34H2,2-5H3,(H,36,38)(H,37,41)/b25-18+,35-19?. The van der Waals surface area contributed by atoms with Crippen LogP contribution in [0.1, 0.15) is 16.7 Å². The van der Waals surface area contributed by atoms with Gasteiger partial charge in [0.1, 0.15) is 5.65 Å². The minimum Gasteiger partial charge on any atom is -0.404 e. The second-order valence-corrected chi connectivity index (χ2v) is 10.5. The lowest BCUT2D eigenvalue weighted by Gasteiger charge is -2.34. The van der Waals surface area contributed by atoms with Crippen LogP contribution in [0, 0.1) is 13.8 Å². The number of aliphatic imine (C=N–C) groups is 1. The van der Waals surface area contributed by atoms with E-state index in [1.807, 2.05) is 25.3 Å². The average molecular weight is 548 g/mol. The first kappa shape index (κ1) is 27.9. The van der Waals surface area contributed by atoms with Crippen LogP contribution in [0.2, 0.25) is 0 Å². The molecule has 0 aliphatic carbocycles. The molecule has 1 aliphatic rings. The van der Waals surface area contributed by atoms with E-state index >= 15 is 0 Å². The number of nitrogens with zero attached hydrogens (tertiary/aromatic N) is 4. The van der Waals surface area contributed by atoms with Crippen molar-refractivity contribution in [3.05, 3.63) is 84.2 Å². The molecule has 0 bridgehead atoms. The molecule has 4 N–H and O–H groups in total. The van der Waals surface area contributed by atoms with Gasteiger partial charge in [-0.2, -0.15) is 0 Å². The molecule has 4 aromatic rings. The number of fused-ring (bicyclic) bond motifs is 1. The Labute approximate surface area is 241 Å². The molecule has 2 aromatic carbocycles. The summed E-state index contributed by atoms with van der Waals surface area (Å²) in [6, 6.07) is 14.8. The van der Waals surface area contributed by atoms with Crippen LogP contribution in [0.5, 0.6) is 0 Å². The highest BCUT2D eigenvalue weighted by atomic mass is 16.1. The molecule has 1 saturated heterocycles. The number of carbonyl (C=O) groups excluding carboxylic acids is 1. The molecule has 0 unspecified atom stereocenters. The highest BCUT2D eigenvalue weighted by Crippen LogP contribution is 2.42. The molecule has 0 atom stereocenters. The van der Waals surface area contributed by atoms with Crippen molar-refractivity contribution in [3.8, 4) is 22.4 Å². The lowest BCUT2D eigenvalue weighted by atomic mass is 9.93. The Bertz CT molecular complexity index is 1660. The first-order valence-corrected chi connectivity index (χ1v) is 13.8. The lowest BCUT2D eigenvalue weighted by Crippen LogP contribution is -2.44. The fourth-order valence-electron chi connectivity index (χ4n) is 5.45. The van der Waals surface area contributed by atoms with Crippen LogP contribution in [0.3, 0.4) is 0 Å². The van der Waals surface area contributed by atoms with Crippen molar-refractivity contribution >= 4 is 40.1 Å². The number of aromatic nitrogens is 2. The van der Waals surface area contributed by atoms with Crippen molar-refractivity contribution in [2.24, 2.45) is 10.7 Å². The van der Waals surface area contributed by atoms with E-state index in [1.54, 1.807) is 19.5 Å². The van der Waals surface area contributed by atoms with Crippen molar-refractivity contribution in [2.75, 3.05) is 50.5 Å². The number of hydrogen-bond donors (Lipinski definition) is 3. The van der Waals surface area contributed by atoms with Crippen LogP contribution in [0.4, 0.5) is 11.4 Å². The zero-order valence-corrected chi connectivity index (χ0v) is 24.2. The number of hydrogen-bond acceptors (Lipinski definition) is 6. The summed E-state index contributed by atoms with van der Waals surface area (Å²) in [4.78, 5) is 29.6. The van der Waals surface area contributed by atoms with E-state index in [0.29, 0.717) is 0 Å². The minimum atomic E-state index is -0.249. The summed E-state index contributed by atoms with van der Waals surface area (Å²) in [5.41, 5.74) is 16.4. The predicted octanol–water partition coefficient (Wildman–Crippen LogP) is 5.39. The van der Waals surface area contributed by atoms with E-state index in [4.69, 9.17) is 10.7 Å². The Morgan fingerprint density at radius 3 is 2.46 bits per heavy atom. The van der Waals surface area contributed by atoms with Crippen molar-refractivity contribution in [1.29, 1.82) is 0 Å². The van der Waals surface area contributed by atoms with Gasteiger partial charge in [0.2, 0.25) is 5.91 Å². The molecule has 8 nitrogen and oxygen atoms in total. The Morgan fingerprint density at radius 2 is 1.80 bits per heavy atom. The van der Waals surface area contributed by atoms with Gasteiger partial charge in [0.05, 0.1) is 5.69 Å². The third kappa shape index (κ3) is 5.51. The van der Waals surface area contributed by atoms with E-state index in [2.05, 4.69) is 76.0 Å². The molecule has 0 radical (unpaired) electrons. The topological polar surface area (TPSA) is 103 Å². The Morgan fingerprint density at radius 1 is 1.10 bits per heavy atom. The largest absolute Gasteiger partial charge is 0.404 e. The molecule has 1 fully saturated rings. The Balaban J connectivity index is 1.69. The van der Waals surface area contributed by atoms with Crippen molar-refractivity contribution < 1.29 is 4.79 Å². The van der Waals surface area contributed by atoms with Crippen LogP contribution in [0.25, 0.3) is 39.0 Å². The van der Waals surface area contributed by atoms with Crippen molar-refractivity contribution in [3.63, 3.8) is 0 Å². The number of likely N-dealkylation sites (N-methyl/N-ethyl adjacent to an activating group) is 1. The van der Waals surface area contributed by atoms with Gasteiger partial charge < -0.3 is 25.8 Å². The zero-order valence-electron chi connectivity index (χ0n) is 24.2. The third-order valence-electron chi connectivity index (χ3n) is 7.83. The van der Waals surface area contributed by atoms with Gasteiger partial charge in [-0.15, -0.1) is 0 Å². The molecule has 8 heteroatoms. The van der Waals surface area contributed by atoms with Gasteiger partial charge in [0, 0.05) is 85.3 Å². The van der Waals surface area contributed by atoms with Gasteiger partial charge in [0.25, 0.3) is 0 Å². The number of aromatic amines is 1. The number of allylic oxidation sites excluding steroid dienone is 1. The number of carbonyl (C=O) groups is 1. The maximum atomic E-state index is 12.2. The van der Waals surface area contributed by atoms with E-state index in [1.165, 1.54) is 11.8 Å². The molecule has 0 spiro atoms. The van der Waals surface area contributed by atoms with Crippen LogP contribution in [0.15, 0.2) is 72.5 Å². The quantitative estimate of drug-likeness (QED) is 0.213. The van der Waals surface area contributed by atoms with E-state index in [-0.39, 0.29) is 5.91 Å². The van der Waals surface area contributed by atoms with Crippen LogP contribution in [-0.2, 0) is 4.79 Å². The van der Waals surface area contributed by atoms with E-state index in [9.17, 15) is 4.79 Å². The SMILES string of the molecule is C=CC(=O)Nc1cc(-c2c(-c3ccc(N4CCN(C)CC4)cc3)[nH]c3ncc(/C(C=NC)=C/N)c(C)c23)ccc1C. The average Bonchev–Trinajstić information content (AvgIpc) is 3.38. The van der Waals surface area contributed by atoms with Gasteiger partial charge >= 0.3 is 0 Å². The number of piperazine rings is 1. The molecular formula is C33H37N7O. The number of pyridine rings is 1. The molecule has 41 heavy (non-hydrogen) atoms. The fourth-order valence-corrected chi connectivity index (χ4v) is 5.45. The van der Waals surface area contributed by atoms with Crippen LogP contribution < -0.4 is 16.0 Å². The molecule has 5 rings (SSSR count). The summed E-state index contributed by atoms with van der Waals surface area (Å²) in [6.45, 7) is 11.8. The summed E-state index contributed by atoms with van der Waals surface area (Å²) < 4.78 is 0. The summed E-state index contributed by atoms with van der Waals surface area (Å²) in [7, 11) is 3.89. The Hall–Kier alpha value is -4.69. The summed E-state index contributed by atoms with van der Waals surface area (Å²) in [6.07, 6.45) is 6.42. The maximum Gasteiger partial charge on any atom is 0.247 e. The third-order valence-corrected chi connectivity index (χ3v) is 7.83. The molecule has 3 heterocycles. The number of nitrogens with two attached hydrogens (primary N) is 1. The second kappa shape index (κ2) is 11.8. The second-order valence-electron chi connectivity index (χ2n) is 10.5. The van der Waals surface area contributed by atoms with Gasteiger partial charge in [-0.3, -0.25) is 9.79 Å². The highest BCUT2D eigenvalue weighted by Gasteiger charge is 2.22. The number of nitrogens with one attached hydrogen (secondary N) is 2. The smallest absolute Gasteiger partial charge is 0.247 e. The van der Waals surface area contributed by atoms with Crippen LogP contribution >= 0.6 is 0 Å². The number of anilines is 2. The number of H-pyrrole nitrogens is 1. The summed E-state index contributed by atoms with van der Waals surface area (Å²) >= 11 is 0. The summed E-state index contributed by atoms with van der Waals surface area (Å²) in [5.74, 6) is -0.249. The summed E-state index contributed by atoms with van der Waals surface area (Å²) in [5, 5.41) is 3.95. The molecule has 210 valence electrons. The van der Waals surface area contributed by atoms with E-state index < -0.39 is 0 Å². The van der Waals surface area contributed by atoms with Gasteiger partial charge in [-0.1, -0.05) is 30.8 Å². The van der Waals surface area contributed by atoms with E-state index in [0.717, 1.165) is 87.5 Å². The highest BCUT2D eigenvalue weighted by molar-refractivity contribution is 6.13. The number of amides is 1. The molecule has 0 saturated carbocycles. The first-order valence-electron chi connectivity index (χ1n) is 13.8. The van der Waals surface area contributed by atoms with Crippen LogP contribution in [-0.4, -0.2) is 67.3 Å². The number of aryl methyl sites for hydroxylation is 2. The molecule has 1 amide bonds. The normalized spacial score (nSPS) is 14.6. The van der Waals surface area contributed by atoms with Gasteiger partial charge in [0.15, 0.2) is 0 Å². The van der Waals surface area contributed by atoms with Gasteiger partial charge in [-0.25, -0.2) is 4.98 Å².